The summed E-state index contributed by atoms with van der Waals surface area (Å²) in [6.07, 6.45) is 3.48. The third-order valence-corrected chi connectivity index (χ3v) is 3.74. The average Bonchev–Trinajstić information content (AvgIpc) is 2.39. The largest absolute Gasteiger partial charge is 0.491 e. The Morgan fingerprint density at radius 3 is 2.20 bits per heavy atom. The van der Waals surface area contributed by atoms with Crippen LogP contribution < -0.4 is 9.47 Å². The van der Waals surface area contributed by atoms with Crippen molar-refractivity contribution in [3.05, 3.63) is 23.8 Å². The first-order valence-electron chi connectivity index (χ1n) is 6.76. The minimum atomic E-state index is -0.882. The molecule has 1 aliphatic rings. The molecule has 110 valence electrons. The normalized spacial score (nSPS) is 22.4. The van der Waals surface area contributed by atoms with Crippen molar-refractivity contribution in [2.24, 2.45) is 11.8 Å². The van der Waals surface area contributed by atoms with Crippen LogP contribution in [0.5, 0.6) is 11.5 Å². The van der Waals surface area contributed by atoms with Gasteiger partial charge in [-0.05, 0) is 31.6 Å². The van der Waals surface area contributed by atoms with Crippen LogP contribution in [0, 0.1) is 23.5 Å². The molecule has 0 bridgehead atoms. The maximum atomic E-state index is 13.5. The maximum Gasteiger partial charge on any atom is 0.314 e. The number of carbonyl (C=O) groups is 1. The van der Waals surface area contributed by atoms with Crippen LogP contribution in [0.15, 0.2) is 12.1 Å². The molecule has 1 aromatic rings. The van der Waals surface area contributed by atoms with E-state index in [0.29, 0.717) is 5.92 Å². The van der Waals surface area contributed by atoms with E-state index in [1.54, 1.807) is 0 Å². The van der Waals surface area contributed by atoms with E-state index in [1.165, 1.54) is 7.11 Å². The molecule has 0 unspecified atom stereocenters. The maximum absolute atomic E-state index is 13.5. The molecule has 0 saturated heterocycles. The van der Waals surface area contributed by atoms with Gasteiger partial charge in [0, 0.05) is 12.1 Å². The van der Waals surface area contributed by atoms with Crippen molar-refractivity contribution in [1.82, 2.24) is 0 Å². The molecule has 0 heterocycles. The van der Waals surface area contributed by atoms with Gasteiger partial charge in [-0.3, -0.25) is 4.79 Å². The number of halogens is 2. The van der Waals surface area contributed by atoms with Crippen LogP contribution in [-0.2, 0) is 4.79 Å². The Morgan fingerprint density at radius 2 is 1.70 bits per heavy atom. The zero-order valence-corrected chi connectivity index (χ0v) is 11.6. The number of benzene rings is 1. The van der Waals surface area contributed by atoms with Gasteiger partial charge in [0.05, 0.1) is 13.0 Å². The molecule has 2 rings (SSSR count). The highest BCUT2D eigenvalue weighted by Gasteiger charge is 2.26. The molecule has 0 amide bonds. The highest BCUT2D eigenvalue weighted by atomic mass is 19.1. The van der Waals surface area contributed by atoms with Crippen molar-refractivity contribution in [1.29, 1.82) is 0 Å². The fourth-order valence-corrected chi connectivity index (χ4v) is 2.49. The van der Waals surface area contributed by atoms with Crippen molar-refractivity contribution in [3.63, 3.8) is 0 Å². The molecule has 0 radical (unpaired) electrons. The molecule has 0 atom stereocenters. The van der Waals surface area contributed by atoms with Gasteiger partial charge in [0.1, 0.15) is 5.75 Å². The molecule has 0 aromatic heterocycles. The van der Waals surface area contributed by atoms with Crippen LogP contribution in [0.1, 0.15) is 32.6 Å². The van der Waals surface area contributed by atoms with E-state index in [2.05, 4.69) is 11.7 Å². The third kappa shape index (κ3) is 3.26. The molecule has 1 saturated carbocycles. The summed E-state index contributed by atoms with van der Waals surface area (Å²) < 4.78 is 36.6. The number of esters is 1. The first-order chi connectivity index (χ1) is 9.51. The molecule has 1 aromatic carbocycles. The highest BCUT2D eigenvalue weighted by Crippen LogP contribution is 2.31. The van der Waals surface area contributed by atoms with E-state index in [9.17, 15) is 13.6 Å². The number of carbonyl (C=O) groups excluding carboxylic acids is 1. The SMILES string of the molecule is COc1c(F)cc(OC(=O)C2CCC(C)CC2)cc1F. The van der Waals surface area contributed by atoms with Gasteiger partial charge in [0.25, 0.3) is 0 Å². The summed E-state index contributed by atoms with van der Waals surface area (Å²) in [7, 11) is 1.18. The summed E-state index contributed by atoms with van der Waals surface area (Å²) in [5, 5.41) is 0. The van der Waals surface area contributed by atoms with Gasteiger partial charge in [-0.25, -0.2) is 8.78 Å². The van der Waals surface area contributed by atoms with Gasteiger partial charge in [0.15, 0.2) is 17.4 Å². The third-order valence-electron chi connectivity index (χ3n) is 3.74. The van der Waals surface area contributed by atoms with Crippen molar-refractivity contribution in [2.75, 3.05) is 7.11 Å². The second-order valence-corrected chi connectivity index (χ2v) is 5.30. The first kappa shape index (κ1) is 14.8. The lowest BCUT2D eigenvalue weighted by molar-refractivity contribution is -0.140. The quantitative estimate of drug-likeness (QED) is 0.627. The lowest BCUT2D eigenvalue weighted by Gasteiger charge is -2.24. The molecule has 20 heavy (non-hydrogen) atoms. The standard InChI is InChI=1S/C15H18F2O3/c1-9-3-5-10(6-4-9)15(18)20-11-7-12(16)14(19-2)13(17)8-11/h7-10H,3-6H2,1-2H3. The number of methoxy groups -OCH3 is 1. The Morgan fingerprint density at radius 1 is 1.15 bits per heavy atom. The molecule has 1 aliphatic carbocycles. The fourth-order valence-electron chi connectivity index (χ4n) is 2.49. The van der Waals surface area contributed by atoms with E-state index in [-0.39, 0.29) is 11.7 Å². The molecule has 0 aliphatic heterocycles. The van der Waals surface area contributed by atoms with Crippen molar-refractivity contribution >= 4 is 5.97 Å². The second-order valence-electron chi connectivity index (χ2n) is 5.30. The lowest BCUT2D eigenvalue weighted by atomic mass is 9.83. The van der Waals surface area contributed by atoms with Crippen LogP contribution in [0.4, 0.5) is 8.78 Å². The summed E-state index contributed by atoms with van der Waals surface area (Å²) >= 11 is 0. The number of ether oxygens (including phenoxy) is 2. The number of rotatable bonds is 3. The Bertz CT molecular complexity index is 471. The summed E-state index contributed by atoms with van der Waals surface area (Å²) in [5.41, 5.74) is 0. The average molecular weight is 284 g/mol. The lowest BCUT2D eigenvalue weighted by Crippen LogP contribution is -2.25. The van der Waals surface area contributed by atoms with Gasteiger partial charge >= 0.3 is 5.97 Å². The summed E-state index contributed by atoms with van der Waals surface area (Å²) in [6.45, 7) is 2.15. The Kier molecular flexibility index (Phi) is 4.57. The van der Waals surface area contributed by atoms with Crippen LogP contribution in [0.25, 0.3) is 0 Å². The van der Waals surface area contributed by atoms with Gasteiger partial charge < -0.3 is 9.47 Å². The highest BCUT2D eigenvalue weighted by molar-refractivity contribution is 5.75. The second kappa shape index (κ2) is 6.20. The van der Waals surface area contributed by atoms with Crippen molar-refractivity contribution in [3.8, 4) is 11.5 Å². The van der Waals surface area contributed by atoms with E-state index < -0.39 is 23.4 Å². The molecule has 1 fully saturated rings. The Labute approximate surface area is 116 Å². The first-order valence-corrected chi connectivity index (χ1v) is 6.76. The van der Waals surface area contributed by atoms with E-state index >= 15 is 0 Å². The molecule has 5 heteroatoms. The van der Waals surface area contributed by atoms with Crippen molar-refractivity contribution < 1.29 is 23.0 Å². The van der Waals surface area contributed by atoms with Crippen LogP contribution in [-0.4, -0.2) is 13.1 Å². The predicted molar refractivity (Wildman–Crippen MR) is 69.7 cm³/mol. The van der Waals surface area contributed by atoms with Gasteiger partial charge in [-0.1, -0.05) is 6.92 Å². The van der Waals surface area contributed by atoms with Gasteiger partial charge in [-0.15, -0.1) is 0 Å². The minimum Gasteiger partial charge on any atom is -0.491 e. The van der Waals surface area contributed by atoms with E-state index in [1.807, 2.05) is 0 Å². The fraction of sp³-hybridized carbons (Fsp3) is 0.533. The Hall–Kier alpha value is -1.65. The summed E-state index contributed by atoms with van der Waals surface area (Å²) in [4.78, 5) is 12.0. The predicted octanol–water partition coefficient (Wildman–Crippen LogP) is 3.71. The zero-order chi connectivity index (χ0) is 14.7. The van der Waals surface area contributed by atoms with E-state index in [0.717, 1.165) is 37.8 Å². The van der Waals surface area contributed by atoms with Crippen LogP contribution in [0.2, 0.25) is 0 Å². The van der Waals surface area contributed by atoms with Crippen LogP contribution in [0.3, 0.4) is 0 Å². The molecule has 0 N–H and O–H groups in total. The van der Waals surface area contributed by atoms with Gasteiger partial charge in [-0.2, -0.15) is 0 Å². The number of hydrogen-bond acceptors (Lipinski definition) is 3. The number of hydrogen-bond donors (Lipinski definition) is 0. The summed E-state index contributed by atoms with van der Waals surface area (Å²) in [5.74, 6) is -2.34. The minimum absolute atomic E-state index is 0.121. The summed E-state index contributed by atoms with van der Waals surface area (Å²) in [6, 6.07) is 1.93. The van der Waals surface area contributed by atoms with Crippen LogP contribution >= 0.6 is 0 Å². The van der Waals surface area contributed by atoms with Gasteiger partial charge in [0.2, 0.25) is 0 Å². The molecular formula is C15H18F2O3. The topological polar surface area (TPSA) is 35.5 Å². The monoisotopic (exact) mass is 284 g/mol. The Balaban J connectivity index is 2.04. The zero-order valence-electron chi connectivity index (χ0n) is 11.6. The molecular weight excluding hydrogens is 266 g/mol. The van der Waals surface area contributed by atoms with E-state index in [4.69, 9.17) is 4.74 Å². The molecule has 0 spiro atoms. The van der Waals surface area contributed by atoms with Crippen molar-refractivity contribution in [2.45, 2.75) is 32.6 Å². The smallest absolute Gasteiger partial charge is 0.314 e. The molecule has 3 nitrogen and oxygen atoms in total.